The molecule has 1 saturated heterocycles. The van der Waals surface area contributed by atoms with Crippen LogP contribution in [-0.2, 0) is 6.54 Å². The first-order valence-electron chi connectivity index (χ1n) is 6.76. The minimum Gasteiger partial charge on any atom is -0.330 e. The van der Waals surface area contributed by atoms with E-state index in [9.17, 15) is 0 Å². The molecule has 1 aliphatic rings. The summed E-state index contributed by atoms with van der Waals surface area (Å²) in [6, 6.07) is 8.91. The summed E-state index contributed by atoms with van der Waals surface area (Å²) in [5, 5.41) is 0. The second kappa shape index (κ2) is 6.18. The summed E-state index contributed by atoms with van der Waals surface area (Å²) >= 11 is 0. The lowest BCUT2D eigenvalue weighted by molar-refractivity contribution is 0.163. The van der Waals surface area contributed by atoms with Gasteiger partial charge in [0.1, 0.15) is 0 Å². The van der Waals surface area contributed by atoms with Crippen LogP contribution in [0.2, 0.25) is 0 Å². The number of nitrogens with zero attached hydrogens (tertiary/aromatic N) is 1. The van der Waals surface area contributed by atoms with Gasteiger partial charge >= 0.3 is 0 Å². The van der Waals surface area contributed by atoms with Crippen LogP contribution in [0, 0.1) is 12.8 Å². The molecule has 0 saturated carbocycles. The molecule has 94 valence electrons. The summed E-state index contributed by atoms with van der Waals surface area (Å²) < 4.78 is 0. The fourth-order valence-electron chi connectivity index (χ4n) is 2.72. The van der Waals surface area contributed by atoms with E-state index < -0.39 is 0 Å². The van der Waals surface area contributed by atoms with E-state index in [1.807, 2.05) is 0 Å². The molecule has 1 atom stereocenters. The molecular weight excluding hydrogens is 208 g/mol. The van der Waals surface area contributed by atoms with Crippen molar-refractivity contribution in [1.82, 2.24) is 4.90 Å². The molecule has 1 heterocycles. The third-order valence-electron chi connectivity index (χ3n) is 3.70. The Kier molecular flexibility index (Phi) is 4.57. The monoisotopic (exact) mass is 232 g/mol. The van der Waals surface area contributed by atoms with Gasteiger partial charge in [0.25, 0.3) is 0 Å². The second-order valence-electron chi connectivity index (χ2n) is 5.31. The fraction of sp³-hybridized carbons (Fsp3) is 0.600. The van der Waals surface area contributed by atoms with Gasteiger partial charge in [-0.3, -0.25) is 4.90 Å². The van der Waals surface area contributed by atoms with E-state index in [2.05, 4.69) is 36.1 Å². The molecule has 1 aliphatic heterocycles. The van der Waals surface area contributed by atoms with Crippen molar-refractivity contribution in [2.24, 2.45) is 11.7 Å². The molecule has 2 nitrogen and oxygen atoms in total. The lowest BCUT2D eigenvalue weighted by atomic mass is 9.94. The van der Waals surface area contributed by atoms with Crippen LogP contribution in [0.15, 0.2) is 24.3 Å². The highest BCUT2D eigenvalue weighted by Gasteiger charge is 2.18. The average molecular weight is 232 g/mol. The Balaban J connectivity index is 1.87. The van der Waals surface area contributed by atoms with Crippen molar-refractivity contribution >= 4 is 0 Å². The number of aryl methyl sites for hydroxylation is 1. The SMILES string of the molecule is Cc1ccc(CN2CCCC(CCN)C2)cc1. The van der Waals surface area contributed by atoms with E-state index in [0.717, 1.165) is 19.0 Å². The van der Waals surface area contributed by atoms with Gasteiger partial charge in [-0.05, 0) is 50.8 Å². The van der Waals surface area contributed by atoms with Gasteiger partial charge in [-0.25, -0.2) is 0 Å². The molecule has 2 N–H and O–H groups in total. The molecule has 1 fully saturated rings. The summed E-state index contributed by atoms with van der Waals surface area (Å²) in [5.74, 6) is 0.819. The zero-order valence-corrected chi connectivity index (χ0v) is 10.9. The van der Waals surface area contributed by atoms with Gasteiger partial charge < -0.3 is 5.73 Å². The number of rotatable bonds is 4. The molecule has 0 aliphatic carbocycles. The van der Waals surface area contributed by atoms with E-state index in [-0.39, 0.29) is 0 Å². The van der Waals surface area contributed by atoms with Crippen molar-refractivity contribution in [2.75, 3.05) is 19.6 Å². The summed E-state index contributed by atoms with van der Waals surface area (Å²) in [5.41, 5.74) is 8.43. The van der Waals surface area contributed by atoms with Gasteiger partial charge in [0.15, 0.2) is 0 Å². The van der Waals surface area contributed by atoms with Crippen molar-refractivity contribution < 1.29 is 0 Å². The van der Waals surface area contributed by atoms with Gasteiger partial charge in [-0.15, -0.1) is 0 Å². The molecule has 1 unspecified atom stereocenters. The molecule has 0 aromatic heterocycles. The molecular formula is C15H24N2. The molecule has 2 heteroatoms. The number of hydrogen-bond acceptors (Lipinski definition) is 2. The van der Waals surface area contributed by atoms with Crippen molar-refractivity contribution in [2.45, 2.75) is 32.7 Å². The van der Waals surface area contributed by atoms with Crippen molar-refractivity contribution in [3.8, 4) is 0 Å². The van der Waals surface area contributed by atoms with Crippen LogP contribution in [-0.4, -0.2) is 24.5 Å². The quantitative estimate of drug-likeness (QED) is 0.864. The third-order valence-corrected chi connectivity index (χ3v) is 3.70. The normalized spacial score (nSPS) is 21.6. The third kappa shape index (κ3) is 3.83. The topological polar surface area (TPSA) is 29.3 Å². The largest absolute Gasteiger partial charge is 0.330 e. The first-order chi connectivity index (χ1) is 8.28. The van der Waals surface area contributed by atoms with Crippen LogP contribution in [0.5, 0.6) is 0 Å². The fourth-order valence-corrected chi connectivity index (χ4v) is 2.72. The zero-order valence-electron chi connectivity index (χ0n) is 10.9. The molecule has 0 amide bonds. The maximum absolute atomic E-state index is 5.66. The Morgan fingerprint density at radius 1 is 1.29 bits per heavy atom. The molecule has 1 aromatic rings. The van der Waals surface area contributed by atoms with Gasteiger partial charge in [-0.1, -0.05) is 29.8 Å². The first kappa shape index (κ1) is 12.6. The Bertz CT molecular complexity index is 329. The maximum atomic E-state index is 5.66. The minimum absolute atomic E-state index is 0.819. The molecule has 2 rings (SSSR count). The Hall–Kier alpha value is -0.860. The van der Waals surface area contributed by atoms with E-state index in [1.54, 1.807) is 0 Å². The molecule has 0 bridgehead atoms. The van der Waals surface area contributed by atoms with Crippen LogP contribution in [0.25, 0.3) is 0 Å². The number of nitrogens with two attached hydrogens (primary N) is 1. The molecule has 0 spiro atoms. The predicted octanol–water partition coefficient (Wildman–Crippen LogP) is 2.56. The standard InChI is InChI=1S/C15H24N2/c1-13-4-6-15(7-5-13)12-17-10-2-3-14(11-17)8-9-16/h4-7,14H,2-3,8-12,16H2,1H3. The van der Waals surface area contributed by atoms with Crippen LogP contribution >= 0.6 is 0 Å². The second-order valence-corrected chi connectivity index (χ2v) is 5.31. The van der Waals surface area contributed by atoms with Crippen LogP contribution in [0.1, 0.15) is 30.4 Å². The Morgan fingerprint density at radius 3 is 2.76 bits per heavy atom. The van der Waals surface area contributed by atoms with Gasteiger partial charge in [0.05, 0.1) is 0 Å². The Labute approximate surface area is 105 Å². The molecule has 0 radical (unpaired) electrons. The average Bonchev–Trinajstić information content (AvgIpc) is 2.33. The summed E-state index contributed by atoms with van der Waals surface area (Å²) in [7, 11) is 0. The number of likely N-dealkylation sites (tertiary alicyclic amines) is 1. The summed E-state index contributed by atoms with van der Waals surface area (Å²) in [6.45, 7) is 6.55. The molecule has 1 aromatic carbocycles. The van der Waals surface area contributed by atoms with E-state index in [4.69, 9.17) is 5.73 Å². The number of benzene rings is 1. The molecule has 17 heavy (non-hydrogen) atoms. The van der Waals surface area contributed by atoms with Crippen LogP contribution in [0.4, 0.5) is 0 Å². The van der Waals surface area contributed by atoms with E-state index >= 15 is 0 Å². The highest BCUT2D eigenvalue weighted by molar-refractivity contribution is 5.21. The maximum Gasteiger partial charge on any atom is 0.0233 e. The lowest BCUT2D eigenvalue weighted by Gasteiger charge is -2.32. The van der Waals surface area contributed by atoms with Crippen molar-refractivity contribution in [3.63, 3.8) is 0 Å². The predicted molar refractivity (Wildman–Crippen MR) is 72.9 cm³/mol. The van der Waals surface area contributed by atoms with Gasteiger partial charge in [-0.2, -0.15) is 0 Å². The highest BCUT2D eigenvalue weighted by Crippen LogP contribution is 2.20. The minimum atomic E-state index is 0.819. The van der Waals surface area contributed by atoms with Crippen molar-refractivity contribution in [3.05, 3.63) is 35.4 Å². The van der Waals surface area contributed by atoms with Crippen LogP contribution < -0.4 is 5.73 Å². The zero-order chi connectivity index (χ0) is 12.1. The smallest absolute Gasteiger partial charge is 0.0233 e. The van der Waals surface area contributed by atoms with E-state index in [0.29, 0.717) is 0 Å². The highest BCUT2D eigenvalue weighted by atomic mass is 15.1. The summed E-state index contributed by atoms with van der Waals surface area (Å²) in [6.07, 6.45) is 3.88. The first-order valence-corrected chi connectivity index (χ1v) is 6.76. The number of hydrogen-bond donors (Lipinski definition) is 1. The van der Waals surface area contributed by atoms with E-state index in [1.165, 1.54) is 43.5 Å². The lowest BCUT2D eigenvalue weighted by Crippen LogP contribution is -2.35. The summed E-state index contributed by atoms with van der Waals surface area (Å²) in [4.78, 5) is 2.58. The van der Waals surface area contributed by atoms with Crippen molar-refractivity contribution in [1.29, 1.82) is 0 Å². The van der Waals surface area contributed by atoms with Gasteiger partial charge in [0, 0.05) is 13.1 Å². The Morgan fingerprint density at radius 2 is 2.06 bits per heavy atom. The number of piperidine rings is 1. The van der Waals surface area contributed by atoms with Gasteiger partial charge in [0.2, 0.25) is 0 Å². The van der Waals surface area contributed by atoms with Crippen LogP contribution in [0.3, 0.4) is 0 Å².